The van der Waals surface area contributed by atoms with Crippen LogP contribution in [-0.4, -0.2) is 44.2 Å². The third-order valence-electron chi connectivity index (χ3n) is 4.69. The van der Waals surface area contributed by atoms with Crippen LogP contribution < -0.4 is 14.8 Å². The summed E-state index contributed by atoms with van der Waals surface area (Å²) in [5.74, 6) is 1.30. The predicted molar refractivity (Wildman–Crippen MR) is 101 cm³/mol. The van der Waals surface area contributed by atoms with E-state index < -0.39 is 0 Å². The molecule has 1 aliphatic heterocycles. The second-order valence-electron chi connectivity index (χ2n) is 6.44. The van der Waals surface area contributed by atoms with E-state index in [0.29, 0.717) is 12.3 Å². The molecule has 0 radical (unpaired) electrons. The van der Waals surface area contributed by atoms with Crippen molar-refractivity contribution < 1.29 is 14.3 Å². The maximum absolute atomic E-state index is 12.2. The summed E-state index contributed by atoms with van der Waals surface area (Å²) in [5, 5.41) is 3.02. The zero-order valence-electron chi connectivity index (χ0n) is 15.2. The summed E-state index contributed by atoms with van der Waals surface area (Å²) < 4.78 is 10.7. The number of likely N-dealkylation sites (tertiary alicyclic amines) is 1. The van der Waals surface area contributed by atoms with Crippen LogP contribution in [0.4, 0.5) is 0 Å². The van der Waals surface area contributed by atoms with Gasteiger partial charge in [0.1, 0.15) is 11.5 Å². The van der Waals surface area contributed by atoms with Gasteiger partial charge in [-0.3, -0.25) is 9.69 Å². The Kier molecular flexibility index (Phi) is 6.50. The highest BCUT2D eigenvalue weighted by molar-refractivity contribution is 5.77. The van der Waals surface area contributed by atoms with E-state index in [1.54, 1.807) is 19.2 Å². The average Bonchev–Trinajstić information content (AvgIpc) is 3.22. The van der Waals surface area contributed by atoms with Crippen LogP contribution in [0.25, 0.3) is 0 Å². The lowest BCUT2D eigenvalue weighted by Crippen LogP contribution is -2.38. The number of amides is 1. The molecule has 26 heavy (non-hydrogen) atoms. The number of nitrogens with zero attached hydrogens (tertiary/aromatic N) is 1. The number of carbonyl (C=O) groups excluding carboxylic acids is 1. The van der Waals surface area contributed by atoms with E-state index >= 15 is 0 Å². The van der Waals surface area contributed by atoms with Crippen molar-refractivity contribution in [1.82, 2.24) is 10.2 Å². The summed E-state index contributed by atoms with van der Waals surface area (Å²) in [6, 6.07) is 17.8. The smallest absolute Gasteiger partial charge is 0.258 e. The molecule has 0 aromatic heterocycles. The Labute approximate surface area is 154 Å². The first-order valence-electron chi connectivity index (χ1n) is 9.09. The maximum atomic E-state index is 12.2. The topological polar surface area (TPSA) is 50.8 Å². The molecule has 1 heterocycles. The number of hydrogen-bond acceptors (Lipinski definition) is 4. The number of rotatable bonds is 8. The third-order valence-corrected chi connectivity index (χ3v) is 4.69. The quantitative estimate of drug-likeness (QED) is 0.792. The van der Waals surface area contributed by atoms with Gasteiger partial charge >= 0.3 is 0 Å². The largest absolute Gasteiger partial charge is 0.497 e. The van der Waals surface area contributed by atoms with Crippen molar-refractivity contribution in [2.45, 2.75) is 18.9 Å². The summed E-state index contributed by atoms with van der Waals surface area (Å²) in [6.07, 6.45) is 2.44. The van der Waals surface area contributed by atoms with E-state index in [4.69, 9.17) is 9.47 Å². The van der Waals surface area contributed by atoms with Crippen LogP contribution >= 0.6 is 0 Å². The minimum atomic E-state index is -0.110. The first-order valence-corrected chi connectivity index (χ1v) is 9.09. The molecule has 2 aromatic carbocycles. The van der Waals surface area contributed by atoms with Crippen LogP contribution in [0.1, 0.15) is 24.4 Å². The monoisotopic (exact) mass is 354 g/mol. The second-order valence-corrected chi connectivity index (χ2v) is 6.44. The van der Waals surface area contributed by atoms with E-state index in [0.717, 1.165) is 18.8 Å². The molecular formula is C21H26N2O3. The van der Waals surface area contributed by atoms with Gasteiger partial charge in [-0.2, -0.15) is 0 Å². The Balaban J connectivity index is 1.52. The molecule has 5 heteroatoms. The maximum Gasteiger partial charge on any atom is 0.258 e. The standard InChI is InChI=1S/C21H26N2O3/c1-25-18-9-11-19(12-10-18)26-16-21(24)22-15-20(23-13-5-6-14-23)17-7-3-2-4-8-17/h2-4,7-12,20H,5-6,13-16H2,1H3,(H,22,24). The molecule has 1 amide bonds. The van der Waals surface area contributed by atoms with Crippen molar-refractivity contribution in [3.8, 4) is 11.5 Å². The molecule has 0 bridgehead atoms. The van der Waals surface area contributed by atoms with Gasteiger partial charge in [0, 0.05) is 6.54 Å². The van der Waals surface area contributed by atoms with Gasteiger partial charge in [-0.15, -0.1) is 0 Å². The van der Waals surface area contributed by atoms with Gasteiger partial charge in [-0.05, 0) is 55.8 Å². The fourth-order valence-corrected chi connectivity index (χ4v) is 3.27. The van der Waals surface area contributed by atoms with E-state index in [2.05, 4.69) is 22.3 Å². The Hall–Kier alpha value is -2.53. The molecule has 1 atom stereocenters. The third kappa shape index (κ3) is 4.99. The van der Waals surface area contributed by atoms with Crippen LogP contribution in [0.2, 0.25) is 0 Å². The van der Waals surface area contributed by atoms with Gasteiger partial charge < -0.3 is 14.8 Å². The van der Waals surface area contributed by atoms with Crippen LogP contribution in [0, 0.1) is 0 Å². The van der Waals surface area contributed by atoms with E-state index in [-0.39, 0.29) is 18.6 Å². The summed E-state index contributed by atoms with van der Waals surface area (Å²) in [4.78, 5) is 14.7. The molecular weight excluding hydrogens is 328 g/mol. The van der Waals surface area contributed by atoms with Gasteiger partial charge in [-0.1, -0.05) is 30.3 Å². The van der Waals surface area contributed by atoms with Crippen molar-refractivity contribution in [2.24, 2.45) is 0 Å². The summed E-state index contributed by atoms with van der Waals surface area (Å²) in [6.45, 7) is 2.76. The molecule has 1 saturated heterocycles. The number of hydrogen-bond donors (Lipinski definition) is 1. The van der Waals surface area contributed by atoms with Crippen LogP contribution in [0.15, 0.2) is 54.6 Å². The first-order chi connectivity index (χ1) is 12.8. The molecule has 1 fully saturated rings. The Morgan fingerprint density at radius 1 is 1.04 bits per heavy atom. The Morgan fingerprint density at radius 3 is 2.35 bits per heavy atom. The van der Waals surface area contributed by atoms with E-state index in [1.807, 2.05) is 30.3 Å². The van der Waals surface area contributed by atoms with Crippen molar-refractivity contribution in [3.05, 3.63) is 60.2 Å². The zero-order valence-corrected chi connectivity index (χ0v) is 15.2. The lowest BCUT2D eigenvalue weighted by Gasteiger charge is -2.28. The van der Waals surface area contributed by atoms with Crippen molar-refractivity contribution in [2.75, 3.05) is 33.4 Å². The van der Waals surface area contributed by atoms with Crippen molar-refractivity contribution >= 4 is 5.91 Å². The number of methoxy groups -OCH3 is 1. The van der Waals surface area contributed by atoms with Gasteiger partial charge in [-0.25, -0.2) is 0 Å². The molecule has 5 nitrogen and oxygen atoms in total. The van der Waals surface area contributed by atoms with Gasteiger partial charge in [0.2, 0.25) is 0 Å². The highest BCUT2D eigenvalue weighted by atomic mass is 16.5. The fraction of sp³-hybridized carbons (Fsp3) is 0.381. The first kappa shape index (κ1) is 18.3. The normalized spacial score (nSPS) is 15.4. The second kappa shape index (κ2) is 9.25. The summed E-state index contributed by atoms with van der Waals surface area (Å²) in [7, 11) is 1.62. The lowest BCUT2D eigenvalue weighted by atomic mass is 10.1. The van der Waals surface area contributed by atoms with Gasteiger partial charge in [0.25, 0.3) is 5.91 Å². The van der Waals surface area contributed by atoms with Gasteiger partial charge in [0.15, 0.2) is 6.61 Å². The minimum absolute atomic E-state index is 0.00778. The van der Waals surface area contributed by atoms with Crippen LogP contribution in [-0.2, 0) is 4.79 Å². The molecule has 1 N–H and O–H groups in total. The predicted octanol–water partition coefficient (Wildman–Crippen LogP) is 3.03. The highest BCUT2D eigenvalue weighted by Gasteiger charge is 2.23. The van der Waals surface area contributed by atoms with Crippen molar-refractivity contribution in [3.63, 3.8) is 0 Å². The molecule has 138 valence electrons. The van der Waals surface area contributed by atoms with Crippen molar-refractivity contribution in [1.29, 1.82) is 0 Å². The number of ether oxygens (including phenoxy) is 2. The summed E-state index contributed by atoms with van der Waals surface area (Å²) in [5.41, 5.74) is 1.24. The number of nitrogens with one attached hydrogen (secondary N) is 1. The Bertz CT molecular complexity index is 682. The molecule has 0 aliphatic carbocycles. The van der Waals surface area contributed by atoms with Crippen LogP contribution in [0.5, 0.6) is 11.5 Å². The van der Waals surface area contributed by atoms with E-state index in [9.17, 15) is 4.79 Å². The Morgan fingerprint density at radius 2 is 1.69 bits per heavy atom. The molecule has 1 unspecified atom stereocenters. The van der Waals surface area contributed by atoms with E-state index in [1.165, 1.54) is 18.4 Å². The number of benzene rings is 2. The molecule has 3 rings (SSSR count). The highest BCUT2D eigenvalue weighted by Crippen LogP contribution is 2.24. The molecule has 0 spiro atoms. The molecule has 1 aliphatic rings. The minimum Gasteiger partial charge on any atom is -0.497 e. The van der Waals surface area contributed by atoms with Gasteiger partial charge in [0.05, 0.1) is 13.2 Å². The molecule has 2 aromatic rings. The lowest BCUT2D eigenvalue weighted by molar-refractivity contribution is -0.123. The zero-order chi connectivity index (χ0) is 18.2. The average molecular weight is 354 g/mol. The summed E-state index contributed by atoms with van der Waals surface area (Å²) >= 11 is 0. The van der Waals surface area contributed by atoms with Crippen LogP contribution in [0.3, 0.4) is 0 Å². The SMILES string of the molecule is COc1ccc(OCC(=O)NCC(c2ccccc2)N2CCCC2)cc1. The number of carbonyl (C=O) groups is 1. The fourth-order valence-electron chi connectivity index (χ4n) is 3.27. The molecule has 0 saturated carbocycles.